The second-order valence-electron chi connectivity index (χ2n) is 3.83. The van der Waals surface area contributed by atoms with E-state index in [-0.39, 0.29) is 10.7 Å². The molecule has 1 aromatic heterocycles. The van der Waals surface area contributed by atoms with Crippen LogP contribution >= 0.6 is 11.8 Å². The van der Waals surface area contributed by atoms with E-state index in [1.807, 2.05) is 0 Å². The molecule has 1 heterocycles. The van der Waals surface area contributed by atoms with Crippen LogP contribution in [0, 0.1) is 12.7 Å². The average Bonchev–Trinajstić information content (AvgIpc) is 2.78. The van der Waals surface area contributed by atoms with E-state index in [4.69, 9.17) is 0 Å². The van der Waals surface area contributed by atoms with Crippen molar-refractivity contribution in [2.45, 2.75) is 16.7 Å². The minimum Gasteiger partial charge on any atom is -0.263 e. The van der Waals surface area contributed by atoms with E-state index in [1.165, 1.54) is 30.1 Å². The molecule has 0 fully saturated rings. The molecular formula is C11H12FN3O2S2. The van der Waals surface area contributed by atoms with Crippen LogP contribution in [0.5, 0.6) is 0 Å². The quantitative estimate of drug-likeness (QED) is 0.850. The highest BCUT2D eigenvalue weighted by Gasteiger charge is 2.20. The summed E-state index contributed by atoms with van der Waals surface area (Å²) in [7, 11) is -3.84. The number of sulfonamides is 1. The lowest BCUT2D eigenvalue weighted by molar-refractivity contribution is 0.594. The molecular weight excluding hydrogens is 289 g/mol. The Morgan fingerprint density at radius 2 is 2.16 bits per heavy atom. The van der Waals surface area contributed by atoms with Crippen LogP contribution in [-0.2, 0) is 10.0 Å². The molecule has 2 aromatic rings. The minimum atomic E-state index is -3.84. The Morgan fingerprint density at radius 1 is 1.42 bits per heavy atom. The Balaban J connectivity index is 2.41. The Hall–Kier alpha value is -1.54. The van der Waals surface area contributed by atoms with Crippen molar-refractivity contribution in [3.63, 3.8) is 0 Å². The molecule has 0 bridgehead atoms. The number of halogens is 1. The normalized spacial score (nSPS) is 11.5. The second-order valence-corrected chi connectivity index (χ2v) is 6.33. The number of nitrogens with zero attached hydrogens (tertiary/aromatic N) is 1. The standard InChI is InChI=1S/C11H12FN3O2S2/c1-7-3-4-8(12)5-10(7)19(16,17)15-11-9(18-2)6-13-14-11/h3-6H,1-2H3,(H2,13,14,15). The molecule has 1 aromatic carbocycles. The summed E-state index contributed by atoms with van der Waals surface area (Å²) in [5.41, 5.74) is 0.471. The fraction of sp³-hybridized carbons (Fsp3) is 0.182. The van der Waals surface area contributed by atoms with Gasteiger partial charge in [0.1, 0.15) is 11.6 Å². The molecule has 0 aliphatic heterocycles. The van der Waals surface area contributed by atoms with Crippen molar-refractivity contribution in [2.75, 3.05) is 11.0 Å². The van der Waals surface area contributed by atoms with Gasteiger partial charge >= 0.3 is 0 Å². The first-order chi connectivity index (χ1) is 8.94. The Morgan fingerprint density at radius 3 is 2.84 bits per heavy atom. The third-order valence-electron chi connectivity index (χ3n) is 2.50. The molecule has 8 heteroatoms. The van der Waals surface area contributed by atoms with Gasteiger partial charge in [-0.2, -0.15) is 5.10 Å². The number of aromatic nitrogens is 2. The van der Waals surface area contributed by atoms with E-state index in [0.717, 1.165) is 6.07 Å². The summed E-state index contributed by atoms with van der Waals surface area (Å²) in [5, 5.41) is 6.33. The fourth-order valence-electron chi connectivity index (χ4n) is 1.56. The van der Waals surface area contributed by atoms with E-state index >= 15 is 0 Å². The van der Waals surface area contributed by atoms with Gasteiger partial charge in [-0.15, -0.1) is 11.8 Å². The highest BCUT2D eigenvalue weighted by atomic mass is 32.2. The van der Waals surface area contributed by atoms with Crippen molar-refractivity contribution in [3.05, 3.63) is 35.8 Å². The van der Waals surface area contributed by atoms with Crippen LogP contribution in [-0.4, -0.2) is 24.9 Å². The van der Waals surface area contributed by atoms with Crippen LogP contribution in [0.3, 0.4) is 0 Å². The van der Waals surface area contributed by atoms with Gasteiger partial charge in [0.25, 0.3) is 10.0 Å². The molecule has 0 aliphatic carbocycles. The Kier molecular flexibility index (Phi) is 3.81. The predicted octanol–water partition coefficient (Wildman–Crippen LogP) is 2.38. The molecule has 0 atom stereocenters. The summed E-state index contributed by atoms with van der Waals surface area (Å²) in [4.78, 5) is 0.576. The lowest BCUT2D eigenvalue weighted by atomic mass is 10.2. The SMILES string of the molecule is CSc1cn[nH]c1NS(=O)(=O)c1cc(F)ccc1C. The van der Waals surface area contributed by atoms with Gasteiger partial charge in [0.2, 0.25) is 0 Å². The van der Waals surface area contributed by atoms with Gasteiger partial charge < -0.3 is 0 Å². The van der Waals surface area contributed by atoms with Gasteiger partial charge in [-0.25, -0.2) is 12.8 Å². The molecule has 0 unspecified atom stereocenters. The third-order valence-corrected chi connectivity index (χ3v) is 4.74. The van der Waals surface area contributed by atoms with Gasteiger partial charge in [0.15, 0.2) is 0 Å². The number of hydrogen-bond acceptors (Lipinski definition) is 4. The number of rotatable bonds is 4. The smallest absolute Gasteiger partial charge is 0.263 e. The molecule has 0 saturated heterocycles. The molecule has 0 saturated carbocycles. The molecule has 0 aliphatic rings. The van der Waals surface area contributed by atoms with Gasteiger partial charge in [-0.3, -0.25) is 9.82 Å². The first kappa shape index (κ1) is 13.9. The van der Waals surface area contributed by atoms with Gasteiger partial charge in [0.05, 0.1) is 16.0 Å². The highest BCUT2D eigenvalue weighted by Crippen LogP contribution is 2.25. The first-order valence-electron chi connectivity index (χ1n) is 5.30. The zero-order chi connectivity index (χ0) is 14.0. The molecule has 2 rings (SSSR count). The highest BCUT2D eigenvalue weighted by molar-refractivity contribution is 7.99. The fourth-order valence-corrected chi connectivity index (χ4v) is 3.37. The monoisotopic (exact) mass is 301 g/mol. The van der Waals surface area contributed by atoms with Crippen LogP contribution < -0.4 is 4.72 Å². The number of nitrogens with one attached hydrogen (secondary N) is 2. The van der Waals surface area contributed by atoms with Crippen molar-refractivity contribution < 1.29 is 12.8 Å². The van der Waals surface area contributed by atoms with Gasteiger partial charge in [-0.1, -0.05) is 6.07 Å². The number of H-pyrrole nitrogens is 1. The molecule has 0 amide bonds. The maximum atomic E-state index is 13.2. The van der Waals surface area contributed by atoms with Crippen LogP contribution in [0.2, 0.25) is 0 Å². The summed E-state index contributed by atoms with van der Waals surface area (Å²) in [6.07, 6.45) is 3.32. The maximum absolute atomic E-state index is 13.2. The van der Waals surface area contributed by atoms with Crippen LogP contribution in [0.1, 0.15) is 5.56 Å². The van der Waals surface area contributed by atoms with Crippen molar-refractivity contribution >= 4 is 27.6 Å². The second kappa shape index (κ2) is 5.22. The predicted molar refractivity (Wildman–Crippen MR) is 72.3 cm³/mol. The Bertz CT molecular complexity index is 698. The van der Waals surface area contributed by atoms with E-state index in [2.05, 4.69) is 14.9 Å². The van der Waals surface area contributed by atoms with E-state index in [0.29, 0.717) is 10.5 Å². The molecule has 0 radical (unpaired) electrons. The molecule has 0 spiro atoms. The first-order valence-corrected chi connectivity index (χ1v) is 8.01. The Labute approximate surface area is 114 Å². The van der Waals surface area contributed by atoms with Crippen molar-refractivity contribution in [1.82, 2.24) is 10.2 Å². The van der Waals surface area contributed by atoms with Crippen molar-refractivity contribution in [2.24, 2.45) is 0 Å². The summed E-state index contributed by atoms with van der Waals surface area (Å²) in [6.45, 7) is 1.61. The number of anilines is 1. The maximum Gasteiger partial charge on any atom is 0.263 e. The summed E-state index contributed by atoms with van der Waals surface area (Å²) in [5.74, 6) is -0.322. The summed E-state index contributed by atoms with van der Waals surface area (Å²) >= 11 is 1.35. The number of aromatic amines is 1. The lowest BCUT2D eigenvalue weighted by Gasteiger charge is -2.09. The van der Waals surface area contributed by atoms with Gasteiger partial charge in [0, 0.05) is 0 Å². The van der Waals surface area contributed by atoms with E-state index < -0.39 is 15.8 Å². The van der Waals surface area contributed by atoms with E-state index in [9.17, 15) is 12.8 Å². The summed E-state index contributed by atoms with van der Waals surface area (Å²) in [6, 6.07) is 3.64. The average molecular weight is 301 g/mol. The van der Waals surface area contributed by atoms with Crippen molar-refractivity contribution in [3.8, 4) is 0 Å². The number of thioether (sulfide) groups is 1. The zero-order valence-electron chi connectivity index (χ0n) is 10.3. The molecule has 5 nitrogen and oxygen atoms in total. The zero-order valence-corrected chi connectivity index (χ0v) is 11.9. The minimum absolute atomic E-state index is 0.0887. The van der Waals surface area contributed by atoms with Crippen LogP contribution in [0.25, 0.3) is 0 Å². The number of hydrogen-bond donors (Lipinski definition) is 2. The largest absolute Gasteiger partial charge is 0.263 e. The number of benzene rings is 1. The molecule has 2 N–H and O–H groups in total. The van der Waals surface area contributed by atoms with Crippen molar-refractivity contribution in [1.29, 1.82) is 0 Å². The van der Waals surface area contributed by atoms with Gasteiger partial charge in [-0.05, 0) is 30.9 Å². The van der Waals surface area contributed by atoms with Crippen LogP contribution in [0.15, 0.2) is 34.2 Å². The topological polar surface area (TPSA) is 74.8 Å². The molecule has 102 valence electrons. The summed E-state index contributed by atoms with van der Waals surface area (Å²) < 4.78 is 40.0. The molecule has 19 heavy (non-hydrogen) atoms. The van der Waals surface area contributed by atoms with E-state index in [1.54, 1.807) is 13.2 Å². The number of aryl methyl sites for hydroxylation is 1. The van der Waals surface area contributed by atoms with Crippen LogP contribution in [0.4, 0.5) is 10.2 Å². The third kappa shape index (κ3) is 2.90. The lowest BCUT2D eigenvalue weighted by Crippen LogP contribution is -2.15.